The summed E-state index contributed by atoms with van der Waals surface area (Å²) in [5, 5.41) is 3.47. The van der Waals surface area contributed by atoms with Crippen molar-refractivity contribution in [1.29, 1.82) is 0 Å². The van der Waals surface area contributed by atoms with Crippen molar-refractivity contribution in [3.8, 4) is 0 Å². The predicted octanol–water partition coefficient (Wildman–Crippen LogP) is 4.34. The number of rotatable bonds is 1. The smallest absolute Gasteiger partial charge is 0.161 e. The number of carbonyl (C=O) groups excluding carboxylic acids is 1. The van der Waals surface area contributed by atoms with Crippen LogP contribution in [0.3, 0.4) is 0 Å². The Morgan fingerprint density at radius 2 is 1.59 bits per heavy atom. The molecule has 3 nitrogen and oxygen atoms in total. The normalized spacial score (nSPS) is 11.5. The van der Waals surface area contributed by atoms with Gasteiger partial charge in [-0.25, -0.2) is 0 Å². The second kappa shape index (κ2) is 4.34. The van der Waals surface area contributed by atoms with Crippen LogP contribution in [0.1, 0.15) is 23.0 Å². The number of benzene rings is 2. The van der Waals surface area contributed by atoms with E-state index >= 15 is 0 Å². The van der Waals surface area contributed by atoms with Crippen LogP contribution in [-0.2, 0) is 0 Å². The van der Waals surface area contributed by atoms with Gasteiger partial charge in [0.25, 0.3) is 0 Å². The minimum absolute atomic E-state index is 0.0855. The SMILES string of the molecule is CC(=O)c1cc2c3ccccc3c3ccc(N)cc3n2c1C. The lowest BCUT2D eigenvalue weighted by Crippen LogP contribution is -1.97. The van der Waals surface area contributed by atoms with Crippen LogP contribution in [0.5, 0.6) is 0 Å². The Bertz CT molecular complexity index is 1070. The van der Waals surface area contributed by atoms with Crippen molar-refractivity contribution in [2.24, 2.45) is 0 Å². The lowest BCUT2D eigenvalue weighted by atomic mass is 10.0. The average molecular weight is 288 g/mol. The zero-order valence-electron chi connectivity index (χ0n) is 12.6. The second-order valence-electron chi connectivity index (χ2n) is 5.74. The molecule has 0 saturated carbocycles. The molecule has 0 aliphatic rings. The molecule has 2 heterocycles. The number of aryl methyl sites for hydroxylation is 1. The van der Waals surface area contributed by atoms with Crippen molar-refractivity contribution >= 4 is 38.7 Å². The van der Waals surface area contributed by atoms with E-state index < -0.39 is 0 Å². The maximum atomic E-state index is 11.9. The summed E-state index contributed by atoms with van der Waals surface area (Å²) < 4.78 is 2.14. The third kappa shape index (κ3) is 1.59. The largest absolute Gasteiger partial charge is 0.399 e. The molecule has 0 fully saturated rings. The van der Waals surface area contributed by atoms with Crippen LogP contribution in [0.15, 0.2) is 48.5 Å². The fraction of sp³-hybridized carbons (Fsp3) is 0.105. The summed E-state index contributed by atoms with van der Waals surface area (Å²) in [5.41, 5.74) is 10.5. The molecule has 4 rings (SSSR count). The summed E-state index contributed by atoms with van der Waals surface area (Å²) in [5.74, 6) is 0.0855. The van der Waals surface area contributed by atoms with Crippen LogP contribution >= 0.6 is 0 Å². The van der Waals surface area contributed by atoms with Gasteiger partial charge in [0.15, 0.2) is 5.78 Å². The van der Waals surface area contributed by atoms with Gasteiger partial charge in [0.05, 0.1) is 11.0 Å². The maximum Gasteiger partial charge on any atom is 0.161 e. The topological polar surface area (TPSA) is 47.5 Å². The van der Waals surface area contributed by atoms with E-state index in [0.29, 0.717) is 0 Å². The van der Waals surface area contributed by atoms with Crippen molar-refractivity contribution in [3.05, 3.63) is 59.8 Å². The molecule has 3 heteroatoms. The fourth-order valence-corrected chi connectivity index (χ4v) is 3.37. The van der Waals surface area contributed by atoms with E-state index in [1.54, 1.807) is 6.92 Å². The van der Waals surface area contributed by atoms with E-state index in [4.69, 9.17) is 5.73 Å². The molecule has 0 spiro atoms. The highest BCUT2D eigenvalue weighted by molar-refractivity contribution is 6.14. The Hall–Kier alpha value is -2.81. The molecule has 0 bridgehead atoms. The number of anilines is 1. The highest BCUT2D eigenvalue weighted by Gasteiger charge is 2.15. The number of carbonyl (C=O) groups is 1. The van der Waals surface area contributed by atoms with E-state index in [1.165, 1.54) is 5.39 Å². The van der Waals surface area contributed by atoms with E-state index in [-0.39, 0.29) is 5.78 Å². The summed E-state index contributed by atoms with van der Waals surface area (Å²) in [6.07, 6.45) is 0. The van der Waals surface area contributed by atoms with E-state index in [1.807, 2.05) is 37.3 Å². The van der Waals surface area contributed by atoms with Gasteiger partial charge in [0.2, 0.25) is 0 Å². The van der Waals surface area contributed by atoms with Crippen molar-refractivity contribution in [2.45, 2.75) is 13.8 Å². The Morgan fingerprint density at radius 1 is 0.955 bits per heavy atom. The van der Waals surface area contributed by atoms with Gasteiger partial charge in [-0.05, 0) is 37.4 Å². The molecule has 0 saturated heterocycles. The number of pyridine rings is 1. The van der Waals surface area contributed by atoms with Crippen molar-refractivity contribution in [3.63, 3.8) is 0 Å². The summed E-state index contributed by atoms with van der Waals surface area (Å²) in [4.78, 5) is 11.9. The van der Waals surface area contributed by atoms with Gasteiger partial charge < -0.3 is 10.1 Å². The molecule has 22 heavy (non-hydrogen) atoms. The number of aromatic nitrogens is 1. The molecule has 0 amide bonds. The summed E-state index contributed by atoms with van der Waals surface area (Å²) >= 11 is 0. The number of fused-ring (bicyclic) bond motifs is 6. The third-order valence-corrected chi connectivity index (χ3v) is 4.38. The molecular formula is C19H16N2O. The zero-order valence-corrected chi connectivity index (χ0v) is 12.6. The van der Waals surface area contributed by atoms with Crippen LogP contribution < -0.4 is 5.73 Å². The third-order valence-electron chi connectivity index (χ3n) is 4.38. The van der Waals surface area contributed by atoms with Gasteiger partial charge in [-0.3, -0.25) is 4.79 Å². The number of nitrogens with two attached hydrogens (primary N) is 1. The van der Waals surface area contributed by atoms with Crippen molar-refractivity contribution < 1.29 is 4.79 Å². The summed E-state index contributed by atoms with van der Waals surface area (Å²) in [7, 11) is 0. The van der Waals surface area contributed by atoms with E-state index in [0.717, 1.165) is 38.8 Å². The van der Waals surface area contributed by atoms with Gasteiger partial charge in [-0.2, -0.15) is 0 Å². The first-order valence-corrected chi connectivity index (χ1v) is 7.31. The Labute approximate surface area is 128 Å². The highest BCUT2D eigenvalue weighted by Crippen LogP contribution is 2.33. The first-order chi connectivity index (χ1) is 10.6. The van der Waals surface area contributed by atoms with Gasteiger partial charge in [-0.1, -0.05) is 30.3 Å². The van der Waals surface area contributed by atoms with Gasteiger partial charge >= 0.3 is 0 Å². The lowest BCUT2D eigenvalue weighted by Gasteiger charge is -2.11. The van der Waals surface area contributed by atoms with Gasteiger partial charge in [-0.15, -0.1) is 0 Å². The van der Waals surface area contributed by atoms with E-state index in [9.17, 15) is 4.79 Å². The lowest BCUT2D eigenvalue weighted by molar-refractivity contribution is 0.101. The van der Waals surface area contributed by atoms with Crippen molar-refractivity contribution in [1.82, 2.24) is 4.40 Å². The molecule has 2 aromatic heterocycles. The number of hydrogen-bond donors (Lipinski definition) is 1. The highest BCUT2D eigenvalue weighted by atomic mass is 16.1. The number of hydrogen-bond acceptors (Lipinski definition) is 2. The Kier molecular flexibility index (Phi) is 2.54. The molecule has 0 radical (unpaired) electrons. The molecule has 4 aromatic rings. The van der Waals surface area contributed by atoms with E-state index in [2.05, 4.69) is 22.6 Å². The zero-order chi connectivity index (χ0) is 15.4. The quantitative estimate of drug-likeness (QED) is 0.322. The first kappa shape index (κ1) is 12.9. The Morgan fingerprint density at radius 3 is 2.32 bits per heavy atom. The molecule has 2 N–H and O–H groups in total. The minimum Gasteiger partial charge on any atom is -0.399 e. The first-order valence-electron chi connectivity index (χ1n) is 7.31. The minimum atomic E-state index is 0.0855. The van der Waals surface area contributed by atoms with Crippen LogP contribution in [0, 0.1) is 6.92 Å². The number of nitrogens with zero attached hydrogens (tertiary/aromatic N) is 1. The monoisotopic (exact) mass is 288 g/mol. The standard InChI is InChI=1S/C19H16N2O/c1-11-17(12(2)22)10-19-15-6-4-3-5-14(15)16-8-7-13(20)9-18(16)21(11)19/h3-10H,20H2,1-2H3. The van der Waals surface area contributed by atoms with Gasteiger partial charge in [0, 0.05) is 27.7 Å². The maximum absolute atomic E-state index is 11.9. The predicted molar refractivity (Wildman–Crippen MR) is 91.6 cm³/mol. The number of ketones is 1. The van der Waals surface area contributed by atoms with Crippen LogP contribution in [-0.4, -0.2) is 10.2 Å². The van der Waals surface area contributed by atoms with Crippen LogP contribution in [0.2, 0.25) is 0 Å². The number of nitrogen functional groups attached to an aromatic ring is 1. The van der Waals surface area contributed by atoms with Gasteiger partial charge in [0.1, 0.15) is 0 Å². The van der Waals surface area contributed by atoms with Crippen LogP contribution in [0.4, 0.5) is 5.69 Å². The van der Waals surface area contributed by atoms with Crippen LogP contribution in [0.25, 0.3) is 27.2 Å². The molecule has 108 valence electrons. The summed E-state index contributed by atoms with van der Waals surface area (Å²) in [6, 6.07) is 16.2. The molecule has 0 atom stereocenters. The molecule has 0 aliphatic carbocycles. The molecule has 2 aromatic carbocycles. The summed E-state index contributed by atoms with van der Waals surface area (Å²) in [6.45, 7) is 3.60. The molecule has 0 aliphatic heterocycles. The number of Topliss-reactive ketones (excluding diaryl/α,β-unsaturated/α-hetero) is 1. The molecular weight excluding hydrogens is 272 g/mol. The Balaban J connectivity index is 2.39. The average Bonchev–Trinajstić information content (AvgIpc) is 2.85. The molecule has 0 unspecified atom stereocenters. The fourth-order valence-electron chi connectivity index (χ4n) is 3.37. The second-order valence-corrected chi connectivity index (χ2v) is 5.74. The van der Waals surface area contributed by atoms with Crippen molar-refractivity contribution in [2.75, 3.05) is 5.73 Å².